The summed E-state index contributed by atoms with van der Waals surface area (Å²) in [7, 11) is 1.23. The number of nitrogens with zero attached hydrogens (tertiary/aromatic N) is 4. The third-order valence-corrected chi connectivity index (χ3v) is 3.98. The standard InChI is InChI=1S/C13H8ClN5O2S/c1-21-13(20)12-9(16)6(4-15)5-19(12)11-7(14)2-3-8-10(11)18-22-17-8/h2-3,5H,16H2,1H3. The van der Waals surface area contributed by atoms with Gasteiger partial charge in [0.1, 0.15) is 17.1 Å². The minimum absolute atomic E-state index is 0.0291. The molecular weight excluding hydrogens is 326 g/mol. The summed E-state index contributed by atoms with van der Waals surface area (Å²) in [5.41, 5.74) is 7.67. The van der Waals surface area contributed by atoms with Crippen LogP contribution in [0.4, 0.5) is 5.69 Å². The van der Waals surface area contributed by atoms with E-state index in [0.29, 0.717) is 21.7 Å². The predicted octanol–water partition coefficient (Wildman–Crippen LogP) is 2.38. The number of aromatic nitrogens is 3. The summed E-state index contributed by atoms with van der Waals surface area (Å²) in [6, 6.07) is 5.30. The molecule has 2 aromatic heterocycles. The van der Waals surface area contributed by atoms with Crippen LogP contribution in [0.5, 0.6) is 0 Å². The van der Waals surface area contributed by atoms with E-state index >= 15 is 0 Å². The number of methoxy groups -OCH3 is 1. The number of hydrogen-bond donors (Lipinski definition) is 1. The lowest BCUT2D eigenvalue weighted by atomic mass is 10.2. The summed E-state index contributed by atoms with van der Waals surface area (Å²) in [6.07, 6.45) is 1.43. The molecule has 0 saturated carbocycles. The second-order valence-electron chi connectivity index (χ2n) is 4.31. The van der Waals surface area contributed by atoms with Crippen molar-refractivity contribution in [3.05, 3.63) is 34.6 Å². The van der Waals surface area contributed by atoms with Gasteiger partial charge in [0, 0.05) is 6.20 Å². The van der Waals surface area contributed by atoms with Crippen LogP contribution >= 0.6 is 23.3 Å². The van der Waals surface area contributed by atoms with E-state index in [1.54, 1.807) is 12.1 Å². The molecule has 0 amide bonds. The summed E-state index contributed by atoms with van der Waals surface area (Å²) >= 11 is 7.28. The number of carbonyl (C=O) groups excluding carboxylic acids is 1. The smallest absolute Gasteiger partial charge is 0.357 e. The number of rotatable bonds is 2. The Hall–Kier alpha value is -2.63. The van der Waals surface area contributed by atoms with Crippen molar-refractivity contribution in [2.75, 3.05) is 12.8 Å². The van der Waals surface area contributed by atoms with Crippen LogP contribution in [0.2, 0.25) is 5.02 Å². The van der Waals surface area contributed by atoms with Crippen molar-refractivity contribution >= 4 is 46.0 Å². The molecule has 0 fully saturated rings. The van der Waals surface area contributed by atoms with Crippen LogP contribution in [0.3, 0.4) is 0 Å². The summed E-state index contributed by atoms with van der Waals surface area (Å²) in [5, 5.41) is 9.50. The molecule has 2 N–H and O–H groups in total. The number of anilines is 1. The summed E-state index contributed by atoms with van der Waals surface area (Å²) in [6.45, 7) is 0. The van der Waals surface area contributed by atoms with Crippen LogP contribution in [-0.4, -0.2) is 26.4 Å². The number of halogens is 1. The molecule has 0 atom stereocenters. The zero-order chi connectivity index (χ0) is 15.9. The SMILES string of the molecule is COC(=O)c1c(N)c(C#N)cn1-c1c(Cl)ccc2nsnc12. The topological polar surface area (TPSA) is 107 Å². The molecular formula is C13H8ClN5O2S. The van der Waals surface area contributed by atoms with E-state index in [1.807, 2.05) is 6.07 Å². The molecule has 0 aliphatic heterocycles. The number of nitrogen functional groups attached to an aromatic ring is 1. The number of carbonyl (C=O) groups is 1. The number of nitriles is 1. The zero-order valence-corrected chi connectivity index (χ0v) is 12.8. The van der Waals surface area contributed by atoms with Crippen molar-refractivity contribution in [1.82, 2.24) is 13.3 Å². The van der Waals surface area contributed by atoms with E-state index in [-0.39, 0.29) is 16.9 Å². The van der Waals surface area contributed by atoms with E-state index in [4.69, 9.17) is 27.3 Å². The molecule has 3 rings (SSSR count). The van der Waals surface area contributed by atoms with Crippen LogP contribution in [0.25, 0.3) is 16.7 Å². The zero-order valence-electron chi connectivity index (χ0n) is 11.2. The first kappa shape index (κ1) is 14.3. The lowest BCUT2D eigenvalue weighted by Gasteiger charge is -2.10. The quantitative estimate of drug-likeness (QED) is 0.721. The first-order chi connectivity index (χ1) is 10.6. The summed E-state index contributed by atoms with van der Waals surface area (Å²) in [5.74, 6) is -0.671. The normalized spacial score (nSPS) is 10.6. The number of benzene rings is 1. The molecule has 0 unspecified atom stereocenters. The average Bonchev–Trinajstić information content (AvgIpc) is 3.10. The van der Waals surface area contributed by atoms with Gasteiger partial charge in [0.25, 0.3) is 0 Å². The Balaban J connectivity index is 2.41. The third-order valence-electron chi connectivity index (χ3n) is 3.14. The number of ether oxygens (including phenoxy) is 1. The average molecular weight is 334 g/mol. The monoisotopic (exact) mass is 333 g/mol. The molecule has 1 aromatic carbocycles. The second kappa shape index (κ2) is 5.29. The van der Waals surface area contributed by atoms with Gasteiger partial charge in [0.05, 0.1) is 40.8 Å². The van der Waals surface area contributed by atoms with E-state index in [9.17, 15) is 4.79 Å². The van der Waals surface area contributed by atoms with Crippen molar-refractivity contribution in [2.45, 2.75) is 0 Å². The summed E-state index contributed by atoms with van der Waals surface area (Å²) < 4.78 is 14.5. The first-order valence-electron chi connectivity index (χ1n) is 5.98. The largest absolute Gasteiger partial charge is 0.464 e. The Bertz CT molecular complexity index is 940. The fourth-order valence-electron chi connectivity index (χ4n) is 2.13. The van der Waals surface area contributed by atoms with Crippen molar-refractivity contribution in [1.29, 1.82) is 5.26 Å². The van der Waals surface area contributed by atoms with Crippen LogP contribution in [-0.2, 0) is 4.74 Å². The third kappa shape index (κ3) is 1.99. The molecule has 0 aliphatic rings. The van der Waals surface area contributed by atoms with Gasteiger partial charge in [-0.1, -0.05) is 11.6 Å². The van der Waals surface area contributed by atoms with Gasteiger partial charge in [-0.3, -0.25) is 0 Å². The molecule has 0 spiro atoms. The van der Waals surface area contributed by atoms with Crippen molar-refractivity contribution in [3.8, 4) is 11.8 Å². The summed E-state index contributed by atoms with van der Waals surface area (Å²) in [4.78, 5) is 12.0. The minimum Gasteiger partial charge on any atom is -0.464 e. The fraction of sp³-hybridized carbons (Fsp3) is 0.0769. The van der Waals surface area contributed by atoms with Gasteiger partial charge < -0.3 is 15.0 Å². The lowest BCUT2D eigenvalue weighted by molar-refractivity contribution is 0.0593. The number of nitrogens with two attached hydrogens (primary N) is 1. The van der Waals surface area contributed by atoms with Crippen LogP contribution in [0.1, 0.15) is 16.1 Å². The molecule has 22 heavy (non-hydrogen) atoms. The highest BCUT2D eigenvalue weighted by Gasteiger charge is 2.24. The number of hydrogen-bond acceptors (Lipinski definition) is 7. The number of esters is 1. The molecule has 0 radical (unpaired) electrons. The van der Waals surface area contributed by atoms with Gasteiger partial charge in [0.15, 0.2) is 5.69 Å². The number of fused-ring (bicyclic) bond motifs is 1. The highest BCUT2D eigenvalue weighted by Crippen LogP contribution is 2.33. The van der Waals surface area contributed by atoms with Gasteiger partial charge >= 0.3 is 5.97 Å². The maximum Gasteiger partial charge on any atom is 0.357 e. The van der Waals surface area contributed by atoms with Crippen molar-refractivity contribution in [2.24, 2.45) is 0 Å². The van der Waals surface area contributed by atoms with Gasteiger partial charge in [-0.05, 0) is 12.1 Å². The van der Waals surface area contributed by atoms with Gasteiger partial charge in [-0.2, -0.15) is 14.0 Å². The Morgan fingerprint density at radius 3 is 2.95 bits per heavy atom. The Labute approximate surface area is 133 Å². The molecule has 0 bridgehead atoms. The fourth-order valence-corrected chi connectivity index (χ4v) is 2.91. The van der Waals surface area contributed by atoms with Gasteiger partial charge in [-0.15, -0.1) is 0 Å². The van der Waals surface area contributed by atoms with Crippen LogP contribution in [0, 0.1) is 11.3 Å². The molecule has 7 nitrogen and oxygen atoms in total. The van der Waals surface area contributed by atoms with Crippen molar-refractivity contribution < 1.29 is 9.53 Å². The maximum atomic E-state index is 12.0. The van der Waals surface area contributed by atoms with E-state index in [1.165, 1.54) is 17.9 Å². The molecule has 9 heteroatoms. The van der Waals surface area contributed by atoms with Crippen LogP contribution in [0.15, 0.2) is 18.3 Å². The Morgan fingerprint density at radius 2 is 2.27 bits per heavy atom. The Kier molecular flexibility index (Phi) is 3.44. The molecule has 0 saturated heterocycles. The molecule has 0 aliphatic carbocycles. The Morgan fingerprint density at radius 1 is 1.50 bits per heavy atom. The highest BCUT2D eigenvalue weighted by molar-refractivity contribution is 7.00. The molecule has 3 aromatic rings. The minimum atomic E-state index is -0.671. The lowest BCUT2D eigenvalue weighted by Crippen LogP contribution is -2.11. The van der Waals surface area contributed by atoms with E-state index < -0.39 is 5.97 Å². The maximum absolute atomic E-state index is 12.0. The molecule has 2 heterocycles. The van der Waals surface area contributed by atoms with E-state index in [0.717, 1.165) is 11.7 Å². The molecule has 110 valence electrons. The van der Waals surface area contributed by atoms with Crippen molar-refractivity contribution in [3.63, 3.8) is 0 Å². The predicted molar refractivity (Wildman–Crippen MR) is 82.2 cm³/mol. The van der Waals surface area contributed by atoms with Gasteiger partial charge in [0.2, 0.25) is 0 Å². The van der Waals surface area contributed by atoms with Crippen LogP contribution < -0.4 is 5.73 Å². The van der Waals surface area contributed by atoms with Gasteiger partial charge in [-0.25, -0.2) is 4.79 Å². The highest BCUT2D eigenvalue weighted by atomic mass is 35.5. The first-order valence-corrected chi connectivity index (χ1v) is 7.09. The second-order valence-corrected chi connectivity index (χ2v) is 5.24. The van der Waals surface area contributed by atoms with E-state index in [2.05, 4.69) is 8.75 Å².